The Morgan fingerprint density at radius 2 is 2.17 bits per heavy atom. The second kappa shape index (κ2) is 6.92. The van der Waals surface area contributed by atoms with Crippen molar-refractivity contribution in [3.63, 3.8) is 0 Å². The molecule has 6 nitrogen and oxygen atoms in total. The van der Waals surface area contributed by atoms with Crippen LogP contribution in [-0.4, -0.2) is 35.3 Å². The standard InChI is InChI=1S/C15H14BFN2O4S/c1-3-5-10(4-2)9-23-13-7-11(16)6-12(17)15(13)19-8-14(20)18-24(19,21)22/h3-7H,1-2,8-9H2,(H,18,20)/b10-5+. The van der Waals surface area contributed by atoms with Crippen LogP contribution in [0.15, 0.2) is 49.1 Å². The second-order valence-corrected chi connectivity index (χ2v) is 6.45. The number of halogens is 1. The molecule has 0 saturated carbocycles. The van der Waals surface area contributed by atoms with Gasteiger partial charge in [-0.15, -0.1) is 0 Å². The number of allylic oxidation sites excluding steroid dienone is 2. The lowest BCUT2D eigenvalue weighted by Gasteiger charge is -2.20. The highest BCUT2D eigenvalue weighted by Crippen LogP contribution is 2.33. The van der Waals surface area contributed by atoms with Gasteiger partial charge in [0.15, 0.2) is 5.82 Å². The van der Waals surface area contributed by atoms with E-state index in [1.54, 1.807) is 10.8 Å². The summed E-state index contributed by atoms with van der Waals surface area (Å²) in [6.45, 7) is 6.59. The molecule has 1 amide bonds. The fourth-order valence-electron chi connectivity index (χ4n) is 2.08. The Hall–Kier alpha value is -2.55. The second-order valence-electron chi connectivity index (χ2n) is 4.86. The molecule has 24 heavy (non-hydrogen) atoms. The first-order valence-corrected chi connectivity index (χ1v) is 8.21. The van der Waals surface area contributed by atoms with Crippen molar-refractivity contribution in [2.75, 3.05) is 17.5 Å². The topological polar surface area (TPSA) is 75.7 Å². The zero-order chi connectivity index (χ0) is 17.9. The molecule has 0 spiro atoms. The molecule has 0 aromatic heterocycles. The number of ether oxygens (including phenoxy) is 1. The number of hydrogen-bond acceptors (Lipinski definition) is 4. The van der Waals surface area contributed by atoms with Crippen molar-refractivity contribution in [1.82, 2.24) is 4.72 Å². The summed E-state index contributed by atoms with van der Waals surface area (Å²) < 4.78 is 46.1. The maximum Gasteiger partial charge on any atom is 0.326 e. The number of amides is 1. The monoisotopic (exact) mass is 348 g/mol. The first-order valence-electron chi connectivity index (χ1n) is 6.77. The van der Waals surface area contributed by atoms with Gasteiger partial charge in [0, 0.05) is 0 Å². The van der Waals surface area contributed by atoms with Gasteiger partial charge in [-0.3, -0.25) is 4.79 Å². The average Bonchev–Trinajstić information content (AvgIpc) is 2.75. The average molecular weight is 348 g/mol. The summed E-state index contributed by atoms with van der Waals surface area (Å²) in [4.78, 5) is 11.4. The highest BCUT2D eigenvalue weighted by Gasteiger charge is 2.37. The summed E-state index contributed by atoms with van der Waals surface area (Å²) >= 11 is 0. The van der Waals surface area contributed by atoms with Crippen LogP contribution < -0.4 is 19.2 Å². The largest absolute Gasteiger partial charge is 0.487 e. The summed E-state index contributed by atoms with van der Waals surface area (Å²) in [5, 5.41) is 0. The molecule has 1 aliphatic rings. The van der Waals surface area contributed by atoms with Gasteiger partial charge in [0.2, 0.25) is 0 Å². The highest BCUT2D eigenvalue weighted by atomic mass is 32.2. The van der Waals surface area contributed by atoms with Crippen LogP contribution in [0.25, 0.3) is 0 Å². The quantitative estimate of drug-likeness (QED) is 0.599. The van der Waals surface area contributed by atoms with Gasteiger partial charge >= 0.3 is 10.2 Å². The zero-order valence-electron chi connectivity index (χ0n) is 12.7. The molecule has 2 rings (SSSR count). The maximum absolute atomic E-state index is 14.3. The minimum absolute atomic E-state index is 0.0132. The Bertz CT molecular complexity index is 836. The van der Waals surface area contributed by atoms with E-state index in [1.165, 1.54) is 18.2 Å². The van der Waals surface area contributed by atoms with Gasteiger partial charge in [0.05, 0.1) is 0 Å². The molecule has 0 atom stereocenters. The van der Waals surface area contributed by atoms with Gasteiger partial charge in [-0.25, -0.2) is 13.4 Å². The van der Waals surface area contributed by atoms with E-state index in [0.717, 1.165) is 6.07 Å². The smallest absolute Gasteiger partial charge is 0.326 e. The molecule has 1 aliphatic heterocycles. The number of benzene rings is 1. The van der Waals surface area contributed by atoms with Crippen molar-refractivity contribution < 1.29 is 22.3 Å². The molecule has 124 valence electrons. The number of nitrogens with one attached hydrogen (secondary N) is 1. The fourth-order valence-corrected chi connectivity index (χ4v) is 3.25. The van der Waals surface area contributed by atoms with Gasteiger partial charge in [-0.05, 0) is 17.7 Å². The van der Waals surface area contributed by atoms with Gasteiger partial charge in [-0.1, -0.05) is 36.8 Å². The summed E-state index contributed by atoms with van der Waals surface area (Å²) in [7, 11) is 1.42. The number of carbonyl (C=O) groups excluding carboxylic acids is 1. The highest BCUT2D eigenvalue weighted by molar-refractivity contribution is 7.92. The lowest BCUT2D eigenvalue weighted by molar-refractivity contribution is -0.117. The van der Waals surface area contributed by atoms with E-state index in [0.29, 0.717) is 9.88 Å². The van der Waals surface area contributed by atoms with Crippen LogP contribution in [0, 0.1) is 5.82 Å². The van der Waals surface area contributed by atoms with Gasteiger partial charge in [0.25, 0.3) is 5.91 Å². The molecule has 1 aromatic carbocycles. The van der Waals surface area contributed by atoms with Crippen LogP contribution in [0.1, 0.15) is 0 Å². The minimum atomic E-state index is -4.18. The number of nitrogens with zero attached hydrogens (tertiary/aromatic N) is 1. The molecule has 0 unspecified atom stereocenters. The molecule has 1 heterocycles. The summed E-state index contributed by atoms with van der Waals surface area (Å²) in [6.07, 6.45) is 4.67. The van der Waals surface area contributed by atoms with Gasteiger partial charge < -0.3 is 4.74 Å². The fraction of sp³-hybridized carbons (Fsp3) is 0.133. The van der Waals surface area contributed by atoms with Crippen molar-refractivity contribution in [3.8, 4) is 5.75 Å². The first-order chi connectivity index (χ1) is 11.3. The number of hydrogen-bond donors (Lipinski definition) is 1. The summed E-state index contributed by atoms with van der Waals surface area (Å²) in [5.74, 6) is -1.79. The molecule has 1 N–H and O–H groups in total. The third-order valence-electron chi connectivity index (χ3n) is 3.11. The Labute approximate surface area is 140 Å². The Kier molecular flexibility index (Phi) is 5.13. The zero-order valence-corrected chi connectivity index (χ0v) is 13.5. The Morgan fingerprint density at radius 1 is 1.46 bits per heavy atom. The van der Waals surface area contributed by atoms with Crippen molar-refractivity contribution in [2.24, 2.45) is 0 Å². The lowest BCUT2D eigenvalue weighted by atomic mass is 9.95. The molecular formula is C15H14BFN2O4S. The number of carbonyl (C=O) groups is 1. The molecule has 1 aromatic rings. The van der Waals surface area contributed by atoms with E-state index in [-0.39, 0.29) is 23.5 Å². The lowest BCUT2D eigenvalue weighted by Crippen LogP contribution is -2.31. The van der Waals surface area contributed by atoms with E-state index < -0.39 is 28.5 Å². The van der Waals surface area contributed by atoms with Crippen LogP contribution in [0.2, 0.25) is 0 Å². The van der Waals surface area contributed by atoms with E-state index >= 15 is 0 Å². The van der Waals surface area contributed by atoms with Crippen LogP contribution in [0.5, 0.6) is 5.75 Å². The Balaban J connectivity index is 2.45. The van der Waals surface area contributed by atoms with Gasteiger partial charge in [0.1, 0.15) is 32.4 Å². The minimum Gasteiger partial charge on any atom is -0.487 e. The Morgan fingerprint density at radius 3 is 2.71 bits per heavy atom. The molecule has 9 heteroatoms. The number of rotatable bonds is 6. The predicted octanol–water partition coefficient (Wildman–Crippen LogP) is 0.478. The van der Waals surface area contributed by atoms with Crippen LogP contribution in [0.3, 0.4) is 0 Å². The third kappa shape index (κ3) is 3.68. The summed E-state index contributed by atoms with van der Waals surface area (Å²) in [5.41, 5.74) is 0.303. The van der Waals surface area contributed by atoms with Crippen molar-refractivity contribution in [1.29, 1.82) is 0 Å². The van der Waals surface area contributed by atoms with Crippen molar-refractivity contribution in [3.05, 3.63) is 54.9 Å². The molecule has 1 saturated heterocycles. The van der Waals surface area contributed by atoms with Crippen LogP contribution in [0.4, 0.5) is 10.1 Å². The number of anilines is 1. The van der Waals surface area contributed by atoms with Gasteiger partial charge in [-0.2, -0.15) is 8.42 Å². The van der Waals surface area contributed by atoms with E-state index in [2.05, 4.69) is 13.2 Å². The third-order valence-corrected chi connectivity index (χ3v) is 4.49. The van der Waals surface area contributed by atoms with Crippen molar-refractivity contribution in [2.45, 2.75) is 0 Å². The molecular weight excluding hydrogens is 334 g/mol. The normalized spacial score (nSPS) is 16.6. The van der Waals surface area contributed by atoms with Crippen LogP contribution in [-0.2, 0) is 15.0 Å². The molecule has 2 radical (unpaired) electrons. The summed E-state index contributed by atoms with van der Waals surface area (Å²) in [6, 6.07) is 2.24. The first kappa shape index (κ1) is 17.8. The van der Waals surface area contributed by atoms with E-state index in [4.69, 9.17) is 12.6 Å². The molecule has 0 aliphatic carbocycles. The maximum atomic E-state index is 14.3. The predicted molar refractivity (Wildman–Crippen MR) is 90.2 cm³/mol. The SMILES string of the molecule is [B]c1cc(F)c(N2CC(=O)NS2(=O)=O)c(OC/C(C=C)=C/C=C)c1. The van der Waals surface area contributed by atoms with Crippen molar-refractivity contribution >= 4 is 35.1 Å². The molecule has 1 fully saturated rings. The van der Waals surface area contributed by atoms with Crippen LogP contribution >= 0.6 is 0 Å². The molecule has 0 bridgehead atoms. The van der Waals surface area contributed by atoms with E-state index in [1.807, 2.05) is 0 Å². The van der Waals surface area contributed by atoms with E-state index in [9.17, 15) is 17.6 Å².